The van der Waals surface area contributed by atoms with Crippen molar-refractivity contribution in [3.05, 3.63) is 30.3 Å². The number of hydrogen-bond donors (Lipinski definition) is 1. The second-order valence-electron chi connectivity index (χ2n) is 4.96. The van der Waals surface area contributed by atoms with Crippen molar-refractivity contribution < 1.29 is 9.53 Å². The molecule has 20 heavy (non-hydrogen) atoms. The van der Waals surface area contributed by atoms with Crippen LogP contribution in [0.25, 0.3) is 0 Å². The molecule has 0 spiro atoms. The molecule has 0 bridgehead atoms. The fourth-order valence-corrected chi connectivity index (χ4v) is 2.30. The SMILES string of the molecule is CN(CCCOc1ccccc1)C(=O)C1CCNC1.Cl. The Morgan fingerprint density at radius 3 is 2.80 bits per heavy atom. The van der Waals surface area contributed by atoms with Crippen molar-refractivity contribution >= 4 is 18.3 Å². The number of carbonyl (C=O) groups is 1. The van der Waals surface area contributed by atoms with Crippen LogP contribution >= 0.6 is 12.4 Å². The molecule has 1 N–H and O–H groups in total. The molecule has 1 atom stereocenters. The summed E-state index contributed by atoms with van der Waals surface area (Å²) < 4.78 is 5.61. The molecule has 0 radical (unpaired) electrons. The van der Waals surface area contributed by atoms with Gasteiger partial charge < -0.3 is 15.0 Å². The van der Waals surface area contributed by atoms with E-state index in [1.807, 2.05) is 42.3 Å². The van der Waals surface area contributed by atoms with Crippen LogP contribution in [0, 0.1) is 5.92 Å². The van der Waals surface area contributed by atoms with Crippen molar-refractivity contribution in [2.45, 2.75) is 12.8 Å². The molecule has 0 aromatic heterocycles. The zero-order chi connectivity index (χ0) is 13.5. The van der Waals surface area contributed by atoms with E-state index in [1.165, 1.54) is 0 Å². The predicted molar refractivity (Wildman–Crippen MR) is 82.4 cm³/mol. The summed E-state index contributed by atoms with van der Waals surface area (Å²) in [6.07, 6.45) is 1.82. The highest BCUT2D eigenvalue weighted by Crippen LogP contribution is 2.11. The van der Waals surface area contributed by atoms with Gasteiger partial charge in [0.2, 0.25) is 5.91 Å². The molecule has 2 rings (SSSR count). The van der Waals surface area contributed by atoms with Crippen LogP contribution in [0.3, 0.4) is 0 Å². The van der Waals surface area contributed by atoms with Crippen molar-refractivity contribution in [1.82, 2.24) is 10.2 Å². The number of para-hydroxylation sites is 1. The molecule has 1 aliphatic rings. The van der Waals surface area contributed by atoms with Gasteiger partial charge in [0.05, 0.1) is 12.5 Å². The lowest BCUT2D eigenvalue weighted by atomic mass is 10.1. The maximum absolute atomic E-state index is 12.1. The monoisotopic (exact) mass is 298 g/mol. The van der Waals surface area contributed by atoms with Crippen molar-refractivity contribution in [1.29, 1.82) is 0 Å². The number of rotatable bonds is 6. The molecular weight excluding hydrogens is 276 g/mol. The van der Waals surface area contributed by atoms with Crippen LogP contribution < -0.4 is 10.1 Å². The summed E-state index contributed by atoms with van der Waals surface area (Å²) >= 11 is 0. The molecule has 1 unspecified atom stereocenters. The normalized spacial score (nSPS) is 17.4. The Hall–Kier alpha value is -1.26. The summed E-state index contributed by atoms with van der Waals surface area (Å²) in [6.45, 7) is 3.18. The van der Waals surface area contributed by atoms with Crippen molar-refractivity contribution in [3.8, 4) is 5.75 Å². The highest BCUT2D eigenvalue weighted by molar-refractivity contribution is 5.85. The number of nitrogens with one attached hydrogen (secondary N) is 1. The van der Waals surface area contributed by atoms with Gasteiger partial charge in [-0.2, -0.15) is 0 Å². The third-order valence-electron chi connectivity index (χ3n) is 3.44. The van der Waals surface area contributed by atoms with E-state index >= 15 is 0 Å². The van der Waals surface area contributed by atoms with Crippen LogP contribution in [0.1, 0.15) is 12.8 Å². The minimum atomic E-state index is 0. The van der Waals surface area contributed by atoms with Gasteiger partial charge in [-0.25, -0.2) is 0 Å². The maximum atomic E-state index is 12.1. The van der Waals surface area contributed by atoms with Crippen LogP contribution in [0.15, 0.2) is 30.3 Å². The Kier molecular flexibility index (Phi) is 7.41. The molecule has 1 heterocycles. The number of benzene rings is 1. The van der Waals surface area contributed by atoms with Crippen LogP contribution in [-0.2, 0) is 4.79 Å². The summed E-state index contributed by atoms with van der Waals surface area (Å²) in [5, 5.41) is 3.22. The van der Waals surface area contributed by atoms with Crippen LogP contribution in [0.5, 0.6) is 5.75 Å². The number of ether oxygens (including phenoxy) is 1. The maximum Gasteiger partial charge on any atom is 0.226 e. The van der Waals surface area contributed by atoms with E-state index in [1.54, 1.807) is 0 Å². The Labute approximate surface area is 126 Å². The molecule has 1 aromatic rings. The summed E-state index contributed by atoms with van der Waals surface area (Å²) in [6, 6.07) is 9.77. The van der Waals surface area contributed by atoms with E-state index in [0.29, 0.717) is 6.61 Å². The largest absolute Gasteiger partial charge is 0.494 e. The van der Waals surface area contributed by atoms with Crippen molar-refractivity contribution in [3.63, 3.8) is 0 Å². The van der Waals surface area contributed by atoms with Gasteiger partial charge in [-0.15, -0.1) is 12.4 Å². The van der Waals surface area contributed by atoms with Gasteiger partial charge in [0.15, 0.2) is 0 Å². The second-order valence-corrected chi connectivity index (χ2v) is 4.96. The van der Waals surface area contributed by atoms with E-state index in [4.69, 9.17) is 4.74 Å². The lowest BCUT2D eigenvalue weighted by Crippen LogP contribution is -2.35. The van der Waals surface area contributed by atoms with E-state index < -0.39 is 0 Å². The third-order valence-corrected chi connectivity index (χ3v) is 3.44. The molecular formula is C15H23ClN2O2. The van der Waals surface area contributed by atoms with Crippen LogP contribution in [-0.4, -0.2) is 44.1 Å². The molecule has 1 aromatic carbocycles. The van der Waals surface area contributed by atoms with Crippen molar-refractivity contribution in [2.24, 2.45) is 5.92 Å². The first kappa shape index (κ1) is 16.8. The number of amides is 1. The summed E-state index contributed by atoms with van der Waals surface area (Å²) in [5.41, 5.74) is 0. The van der Waals surface area contributed by atoms with E-state index in [0.717, 1.165) is 38.2 Å². The highest BCUT2D eigenvalue weighted by Gasteiger charge is 2.24. The Bertz CT molecular complexity index is 394. The molecule has 1 saturated heterocycles. The fraction of sp³-hybridized carbons (Fsp3) is 0.533. The minimum Gasteiger partial charge on any atom is -0.494 e. The van der Waals surface area contributed by atoms with E-state index in [-0.39, 0.29) is 24.2 Å². The molecule has 1 aliphatic heterocycles. The third kappa shape index (κ3) is 5.02. The molecule has 1 amide bonds. The zero-order valence-electron chi connectivity index (χ0n) is 11.9. The first-order valence-electron chi connectivity index (χ1n) is 6.91. The number of halogens is 1. The van der Waals surface area contributed by atoms with E-state index in [2.05, 4.69) is 5.32 Å². The first-order chi connectivity index (χ1) is 9.27. The van der Waals surface area contributed by atoms with Gasteiger partial charge in [0.25, 0.3) is 0 Å². The standard InChI is InChI=1S/C15H22N2O2.ClH/c1-17(15(18)13-8-9-16-12-13)10-5-11-19-14-6-3-2-4-7-14;/h2-4,6-7,13,16H,5,8-12H2,1H3;1H. The fourth-order valence-electron chi connectivity index (χ4n) is 2.30. The van der Waals surface area contributed by atoms with Crippen LogP contribution in [0.4, 0.5) is 0 Å². The molecule has 0 saturated carbocycles. The average Bonchev–Trinajstić information content (AvgIpc) is 2.98. The lowest BCUT2D eigenvalue weighted by Gasteiger charge is -2.20. The minimum absolute atomic E-state index is 0. The molecule has 112 valence electrons. The molecule has 4 nitrogen and oxygen atoms in total. The molecule has 5 heteroatoms. The van der Waals surface area contributed by atoms with E-state index in [9.17, 15) is 4.79 Å². The Balaban J connectivity index is 0.00000200. The predicted octanol–water partition coefficient (Wildman–Crippen LogP) is 1.95. The molecule has 0 aliphatic carbocycles. The van der Waals surface area contributed by atoms with Crippen molar-refractivity contribution in [2.75, 3.05) is 33.3 Å². The summed E-state index contributed by atoms with van der Waals surface area (Å²) in [7, 11) is 1.88. The Morgan fingerprint density at radius 2 is 2.15 bits per heavy atom. The van der Waals surface area contributed by atoms with Gasteiger partial charge in [-0.05, 0) is 31.5 Å². The highest BCUT2D eigenvalue weighted by atomic mass is 35.5. The summed E-state index contributed by atoms with van der Waals surface area (Å²) in [5.74, 6) is 1.31. The number of nitrogens with zero attached hydrogens (tertiary/aromatic N) is 1. The van der Waals surface area contributed by atoms with Crippen LogP contribution in [0.2, 0.25) is 0 Å². The van der Waals surface area contributed by atoms with Gasteiger partial charge in [0.1, 0.15) is 5.75 Å². The summed E-state index contributed by atoms with van der Waals surface area (Å²) in [4.78, 5) is 13.9. The molecule has 1 fully saturated rings. The second kappa shape index (κ2) is 8.82. The Morgan fingerprint density at radius 1 is 1.40 bits per heavy atom. The number of carbonyl (C=O) groups excluding carboxylic acids is 1. The smallest absolute Gasteiger partial charge is 0.226 e. The van der Waals surface area contributed by atoms with Gasteiger partial charge in [-0.3, -0.25) is 4.79 Å². The van der Waals surface area contributed by atoms with Gasteiger partial charge in [0, 0.05) is 20.1 Å². The van der Waals surface area contributed by atoms with Gasteiger partial charge >= 0.3 is 0 Å². The average molecular weight is 299 g/mol. The lowest BCUT2D eigenvalue weighted by molar-refractivity contribution is -0.133. The topological polar surface area (TPSA) is 41.6 Å². The first-order valence-corrected chi connectivity index (χ1v) is 6.91. The quantitative estimate of drug-likeness (QED) is 0.816. The zero-order valence-corrected chi connectivity index (χ0v) is 12.7. The number of hydrogen-bond acceptors (Lipinski definition) is 3. The van der Waals surface area contributed by atoms with Gasteiger partial charge in [-0.1, -0.05) is 18.2 Å².